The first-order valence-corrected chi connectivity index (χ1v) is 6.06. The van der Waals surface area contributed by atoms with Crippen LogP contribution in [0.1, 0.15) is 12.8 Å². The molecular weight excluding hydrogens is 202 g/mol. The third kappa shape index (κ3) is 1.31. The van der Waals surface area contributed by atoms with Gasteiger partial charge in [-0.05, 0) is 25.0 Å². The van der Waals surface area contributed by atoms with E-state index in [-0.39, 0.29) is 12.2 Å². The van der Waals surface area contributed by atoms with E-state index in [2.05, 4.69) is 4.90 Å². The van der Waals surface area contributed by atoms with Crippen molar-refractivity contribution in [1.82, 2.24) is 4.90 Å². The average molecular weight is 217 g/mol. The van der Waals surface area contributed by atoms with Gasteiger partial charge in [-0.15, -0.1) is 0 Å². The third-order valence-corrected chi connectivity index (χ3v) is 3.71. The number of benzene rings is 1. The van der Waals surface area contributed by atoms with Crippen LogP contribution in [-0.2, 0) is 0 Å². The van der Waals surface area contributed by atoms with E-state index >= 15 is 0 Å². The summed E-state index contributed by atoms with van der Waals surface area (Å²) < 4.78 is 12.0. The Morgan fingerprint density at radius 3 is 2.00 bits per heavy atom. The number of likely N-dealkylation sites (tertiary alicyclic amines) is 1. The molecule has 2 unspecified atom stereocenters. The molecule has 1 saturated carbocycles. The standard InChI is InChI=1S/C13H15NO2/c1-2-4-11-10(3-1)15-12-7-14(9-5-6-9)8-13(12)16-11/h1-4,9,12-13H,5-8H2. The maximum atomic E-state index is 6.00. The van der Waals surface area contributed by atoms with Gasteiger partial charge in [0.25, 0.3) is 0 Å². The smallest absolute Gasteiger partial charge is 0.161 e. The average Bonchev–Trinajstić information content (AvgIpc) is 3.07. The summed E-state index contributed by atoms with van der Waals surface area (Å²) in [6.45, 7) is 2.06. The Bertz CT molecular complexity index is 383. The number of para-hydroxylation sites is 2. The van der Waals surface area contributed by atoms with Gasteiger partial charge in [-0.3, -0.25) is 4.90 Å². The number of fused-ring (bicyclic) bond motifs is 2. The summed E-state index contributed by atoms with van der Waals surface area (Å²) in [6, 6.07) is 8.78. The molecule has 0 spiro atoms. The minimum absolute atomic E-state index is 0.232. The molecule has 2 aliphatic heterocycles. The van der Waals surface area contributed by atoms with E-state index in [1.54, 1.807) is 0 Å². The third-order valence-electron chi connectivity index (χ3n) is 3.71. The first-order valence-electron chi connectivity index (χ1n) is 6.06. The van der Waals surface area contributed by atoms with E-state index in [9.17, 15) is 0 Å². The molecule has 1 aromatic rings. The molecule has 1 saturated heterocycles. The fourth-order valence-electron chi connectivity index (χ4n) is 2.71. The summed E-state index contributed by atoms with van der Waals surface area (Å²) in [5.41, 5.74) is 0. The molecule has 2 atom stereocenters. The van der Waals surface area contributed by atoms with Crippen molar-refractivity contribution in [2.45, 2.75) is 31.1 Å². The number of hydrogen-bond donors (Lipinski definition) is 0. The van der Waals surface area contributed by atoms with Gasteiger partial charge in [0.2, 0.25) is 0 Å². The summed E-state index contributed by atoms with van der Waals surface area (Å²) in [6.07, 6.45) is 3.17. The molecule has 0 radical (unpaired) electrons. The Morgan fingerprint density at radius 2 is 1.50 bits per heavy atom. The van der Waals surface area contributed by atoms with Crippen LogP contribution in [0.2, 0.25) is 0 Å². The van der Waals surface area contributed by atoms with Gasteiger partial charge in [-0.2, -0.15) is 0 Å². The largest absolute Gasteiger partial charge is 0.481 e. The first-order chi connectivity index (χ1) is 7.90. The topological polar surface area (TPSA) is 21.7 Å². The molecule has 3 heteroatoms. The van der Waals surface area contributed by atoms with Crippen LogP contribution in [0.4, 0.5) is 0 Å². The van der Waals surface area contributed by atoms with Crippen molar-refractivity contribution in [3.8, 4) is 11.5 Å². The monoisotopic (exact) mass is 217 g/mol. The summed E-state index contributed by atoms with van der Waals surface area (Å²) in [4.78, 5) is 2.52. The molecule has 0 bridgehead atoms. The van der Waals surface area contributed by atoms with Crippen molar-refractivity contribution in [3.05, 3.63) is 24.3 Å². The lowest BCUT2D eigenvalue weighted by atomic mass is 10.2. The van der Waals surface area contributed by atoms with Crippen LogP contribution in [0, 0.1) is 0 Å². The minimum atomic E-state index is 0.232. The van der Waals surface area contributed by atoms with Crippen LogP contribution in [0.5, 0.6) is 11.5 Å². The Balaban J connectivity index is 1.59. The quantitative estimate of drug-likeness (QED) is 0.714. The van der Waals surface area contributed by atoms with Crippen molar-refractivity contribution in [2.24, 2.45) is 0 Å². The zero-order valence-electron chi connectivity index (χ0n) is 9.13. The van der Waals surface area contributed by atoms with Crippen molar-refractivity contribution in [3.63, 3.8) is 0 Å². The highest BCUT2D eigenvalue weighted by Gasteiger charge is 2.44. The predicted octanol–water partition coefficient (Wildman–Crippen LogP) is 1.67. The Hall–Kier alpha value is -1.22. The first kappa shape index (κ1) is 8.88. The molecule has 84 valence electrons. The van der Waals surface area contributed by atoms with E-state index < -0.39 is 0 Å². The van der Waals surface area contributed by atoms with Gasteiger partial charge >= 0.3 is 0 Å². The van der Waals surface area contributed by atoms with Crippen LogP contribution < -0.4 is 9.47 Å². The molecular formula is C13H15NO2. The maximum Gasteiger partial charge on any atom is 0.161 e. The van der Waals surface area contributed by atoms with Crippen molar-refractivity contribution < 1.29 is 9.47 Å². The summed E-state index contributed by atoms with van der Waals surface area (Å²) in [5.74, 6) is 1.81. The fraction of sp³-hybridized carbons (Fsp3) is 0.538. The highest BCUT2D eigenvalue weighted by Crippen LogP contribution is 2.38. The molecule has 3 nitrogen and oxygen atoms in total. The fourth-order valence-corrected chi connectivity index (χ4v) is 2.71. The van der Waals surface area contributed by atoms with Crippen molar-refractivity contribution in [1.29, 1.82) is 0 Å². The lowest BCUT2D eigenvalue weighted by Gasteiger charge is -2.28. The van der Waals surface area contributed by atoms with Gasteiger partial charge in [0.15, 0.2) is 11.5 Å². The van der Waals surface area contributed by atoms with Crippen LogP contribution in [-0.4, -0.2) is 36.2 Å². The molecule has 4 rings (SSSR count). The molecule has 0 aromatic heterocycles. The van der Waals surface area contributed by atoms with Crippen LogP contribution >= 0.6 is 0 Å². The van der Waals surface area contributed by atoms with Gasteiger partial charge < -0.3 is 9.47 Å². The second-order valence-electron chi connectivity index (χ2n) is 4.94. The normalized spacial score (nSPS) is 32.5. The molecule has 3 aliphatic rings. The number of ether oxygens (including phenoxy) is 2. The lowest BCUT2D eigenvalue weighted by molar-refractivity contribution is 0.0552. The second kappa shape index (κ2) is 3.14. The highest BCUT2D eigenvalue weighted by molar-refractivity contribution is 5.41. The van der Waals surface area contributed by atoms with Gasteiger partial charge in [0.05, 0.1) is 0 Å². The Morgan fingerprint density at radius 1 is 0.938 bits per heavy atom. The van der Waals surface area contributed by atoms with Crippen LogP contribution in [0.3, 0.4) is 0 Å². The number of hydrogen-bond acceptors (Lipinski definition) is 3. The lowest BCUT2D eigenvalue weighted by Crippen LogP contribution is -2.38. The zero-order chi connectivity index (χ0) is 10.5. The Kier molecular flexibility index (Phi) is 1.74. The van der Waals surface area contributed by atoms with Gasteiger partial charge in [0.1, 0.15) is 12.2 Å². The maximum absolute atomic E-state index is 6.00. The molecule has 1 aliphatic carbocycles. The van der Waals surface area contributed by atoms with Crippen molar-refractivity contribution in [2.75, 3.05) is 13.1 Å². The summed E-state index contributed by atoms with van der Waals surface area (Å²) >= 11 is 0. The molecule has 0 amide bonds. The minimum Gasteiger partial charge on any atom is -0.481 e. The summed E-state index contributed by atoms with van der Waals surface area (Å²) in [7, 11) is 0. The van der Waals surface area contributed by atoms with E-state index in [4.69, 9.17) is 9.47 Å². The predicted molar refractivity (Wildman–Crippen MR) is 59.9 cm³/mol. The number of rotatable bonds is 1. The van der Waals surface area contributed by atoms with E-state index in [0.29, 0.717) is 0 Å². The van der Waals surface area contributed by atoms with Gasteiger partial charge in [-0.25, -0.2) is 0 Å². The van der Waals surface area contributed by atoms with Crippen LogP contribution in [0.15, 0.2) is 24.3 Å². The SMILES string of the molecule is c1ccc2c(c1)OC1CN(C3CC3)CC1O2. The molecule has 2 heterocycles. The van der Waals surface area contributed by atoms with E-state index in [1.165, 1.54) is 12.8 Å². The van der Waals surface area contributed by atoms with Gasteiger partial charge in [-0.1, -0.05) is 12.1 Å². The van der Waals surface area contributed by atoms with E-state index in [0.717, 1.165) is 30.6 Å². The second-order valence-corrected chi connectivity index (χ2v) is 4.94. The zero-order valence-corrected chi connectivity index (χ0v) is 9.13. The molecule has 1 aromatic carbocycles. The van der Waals surface area contributed by atoms with Crippen LogP contribution in [0.25, 0.3) is 0 Å². The summed E-state index contributed by atoms with van der Waals surface area (Å²) in [5, 5.41) is 0. The van der Waals surface area contributed by atoms with Crippen molar-refractivity contribution >= 4 is 0 Å². The number of nitrogens with zero attached hydrogens (tertiary/aromatic N) is 1. The van der Waals surface area contributed by atoms with Gasteiger partial charge in [0, 0.05) is 19.1 Å². The molecule has 2 fully saturated rings. The molecule has 16 heavy (non-hydrogen) atoms. The molecule has 0 N–H and O–H groups in total. The van der Waals surface area contributed by atoms with E-state index in [1.807, 2.05) is 24.3 Å². The highest BCUT2D eigenvalue weighted by atomic mass is 16.6. The Labute approximate surface area is 95.0 Å².